The minimum atomic E-state index is -4.94. The Morgan fingerprint density at radius 3 is 1.48 bits per heavy atom. The minimum absolute atomic E-state index is 0.0717. The maximum absolute atomic E-state index is 8.49. The molecule has 0 N–H and O–H groups in total. The zero-order chi connectivity index (χ0) is 18.5. The van der Waals surface area contributed by atoms with E-state index in [2.05, 4.69) is 60.6 Å². The summed E-state index contributed by atoms with van der Waals surface area (Å²) in [4.78, 5) is 0. The molecule has 0 saturated heterocycles. The molecule has 6 heteroatoms. The fourth-order valence-electron chi connectivity index (χ4n) is 1.82. The van der Waals surface area contributed by atoms with Crippen LogP contribution in [0.25, 0.3) is 0 Å². The van der Waals surface area contributed by atoms with Gasteiger partial charge in [-0.3, -0.25) is 0 Å². The minimum Gasteiger partial charge on any atom is -0.222 e. The van der Waals surface area contributed by atoms with Crippen LogP contribution >= 0.6 is 0 Å². The van der Waals surface area contributed by atoms with Crippen LogP contribution in [0.2, 0.25) is 0 Å². The van der Waals surface area contributed by atoms with Gasteiger partial charge < -0.3 is 0 Å². The molecular weight excluding hydrogens is 320 g/mol. The van der Waals surface area contributed by atoms with Crippen LogP contribution in [0, 0.1) is 10.2 Å². The third kappa shape index (κ3) is 10.6. The van der Waals surface area contributed by atoms with E-state index in [0.717, 1.165) is 17.9 Å². The highest BCUT2D eigenvalue weighted by Gasteiger charge is 2.33. The first kappa shape index (κ1) is 22.3. The van der Waals surface area contributed by atoms with Gasteiger partial charge in [0.2, 0.25) is 0 Å². The summed E-state index contributed by atoms with van der Waals surface area (Å²) in [5, 5.41) is 0. The summed E-state index contributed by atoms with van der Waals surface area (Å²) in [6.07, 6.45) is 3.64. The monoisotopic (exact) mass is 348 g/mol. The normalized spacial score (nSPS) is 12.7. The van der Waals surface area contributed by atoms with Crippen molar-refractivity contribution in [1.82, 2.24) is 0 Å². The first-order valence-electron chi connectivity index (χ1n) is 7.74. The lowest BCUT2D eigenvalue weighted by molar-refractivity contribution is -2.00. The summed E-state index contributed by atoms with van der Waals surface area (Å²) in [6, 6.07) is 4.48. The molecule has 0 spiro atoms. The van der Waals surface area contributed by atoms with Crippen molar-refractivity contribution in [1.29, 1.82) is 0 Å². The van der Waals surface area contributed by atoms with Gasteiger partial charge in [0, 0.05) is 12.1 Å². The zero-order valence-corrected chi connectivity index (χ0v) is 16.0. The molecule has 0 unspecified atom stereocenters. The van der Waals surface area contributed by atoms with Gasteiger partial charge in [0.1, 0.15) is 0 Å². The SMILES string of the molecule is CCCCc1cc(C(C)(C)C)[o+]c(C(C)(C)C)c1.[O-][Cl+3]([O-])([O-])[O-]. The fraction of sp³-hybridized carbons (Fsp3) is 0.706. The van der Waals surface area contributed by atoms with Crippen molar-refractivity contribution in [3.63, 3.8) is 0 Å². The smallest absolute Gasteiger partial charge is 0.222 e. The van der Waals surface area contributed by atoms with E-state index in [0.29, 0.717) is 0 Å². The van der Waals surface area contributed by atoms with Crippen molar-refractivity contribution in [2.24, 2.45) is 0 Å². The molecule has 134 valence electrons. The molecule has 23 heavy (non-hydrogen) atoms. The molecular formula is C17H29ClO5. The number of rotatable bonds is 3. The lowest BCUT2D eigenvalue weighted by Gasteiger charge is -2.17. The van der Waals surface area contributed by atoms with Gasteiger partial charge in [0.15, 0.2) is 0 Å². The van der Waals surface area contributed by atoms with E-state index >= 15 is 0 Å². The average molecular weight is 349 g/mol. The number of halogens is 1. The van der Waals surface area contributed by atoms with Gasteiger partial charge in [0.25, 0.3) is 0 Å². The second-order valence-corrected chi connectivity index (χ2v) is 8.43. The Bertz CT molecular complexity index is 443. The van der Waals surface area contributed by atoms with E-state index in [1.165, 1.54) is 18.4 Å². The maximum Gasteiger partial charge on any atom is 0.334 e. The van der Waals surface area contributed by atoms with E-state index in [9.17, 15) is 0 Å². The number of hydrogen-bond acceptors (Lipinski definition) is 4. The highest BCUT2D eigenvalue weighted by Crippen LogP contribution is 2.30. The second-order valence-electron chi connectivity index (χ2n) is 7.68. The Hall–Kier alpha value is -0.720. The van der Waals surface area contributed by atoms with E-state index in [4.69, 9.17) is 23.1 Å². The lowest BCUT2D eigenvalue weighted by atomic mass is 9.88. The summed E-state index contributed by atoms with van der Waals surface area (Å²) in [5.41, 5.74) is 1.56. The van der Waals surface area contributed by atoms with Crippen LogP contribution in [0.1, 0.15) is 78.4 Å². The van der Waals surface area contributed by atoms with E-state index in [1.807, 2.05) is 0 Å². The number of unbranched alkanes of at least 4 members (excludes halogenated alkanes) is 1. The van der Waals surface area contributed by atoms with Gasteiger partial charge in [-0.25, -0.2) is 23.1 Å². The van der Waals surface area contributed by atoms with Crippen molar-refractivity contribution in [3.05, 3.63) is 29.2 Å². The molecule has 1 heterocycles. The quantitative estimate of drug-likeness (QED) is 0.749. The molecule has 0 aromatic carbocycles. The van der Waals surface area contributed by atoms with Crippen molar-refractivity contribution in [2.45, 2.75) is 78.6 Å². The summed E-state index contributed by atoms with van der Waals surface area (Å²) in [7, 11) is -4.94. The Morgan fingerprint density at radius 1 is 0.870 bits per heavy atom. The molecule has 0 amide bonds. The lowest BCUT2D eigenvalue weighted by Crippen LogP contribution is -2.68. The predicted octanol–water partition coefficient (Wildman–Crippen LogP) is 0.742. The largest absolute Gasteiger partial charge is 0.334 e. The molecule has 1 rings (SSSR count). The van der Waals surface area contributed by atoms with Crippen LogP contribution in [-0.2, 0) is 17.3 Å². The van der Waals surface area contributed by atoms with Crippen LogP contribution in [0.5, 0.6) is 0 Å². The summed E-state index contributed by atoms with van der Waals surface area (Å²) < 4.78 is 40.1. The van der Waals surface area contributed by atoms with Crippen molar-refractivity contribution >= 4 is 0 Å². The molecule has 1 aromatic rings. The Kier molecular flexibility index (Phi) is 8.14. The fourth-order valence-corrected chi connectivity index (χ4v) is 1.82. The highest BCUT2D eigenvalue weighted by atomic mass is 35.7. The average Bonchev–Trinajstić information content (AvgIpc) is 2.32. The summed E-state index contributed by atoms with van der Waals surface area (Å²) in [6.45, 7) is 15.5. The molecule has 0 radical (unpaired) electrons. The first-order valence-corrected chi connectivity index (χ1v) is 8.98. The molecule has 0 aliphatic heterocycles. The third-order valence-electron chi connectivity index (χ3n) is 3.15. The zero-order valence-electron chi connectivity index (χ0n) is 15.2. The van der Waals surface area contributed by atoms with Crippen LogP contribution in [0.3, 0.4) is 0 Å². The molecule has 0 fully saturated rings. The molecule has 0 saturated carbocycles. The van der Waals surface area contributed by atoms with Crippen LogP contribution in [0.15, 0.2) is 16.5 Å². The first-order chi connectivity index (χ1) is 10.1. The van der Waals surface area contributed by atoms with Gasteiger partial charge in [-0.1, -0.05) is 13.3 Å². The topological polar surface area (TPSA) is 104 Å². The Morgan fingerprint density at radius 2 is 1.22 bits per heavy atom. The molecule has 0 atom stereocenters. The van der Waals surface area contributed by atoms with Crippen LogP contribution < -0.4 is 18.6 Å². The Labute approximate surface area is 141 Å². The van der Waals surface area contributed by atoms with Gasteiger partial charge in [-0.2, -0.15) is 0 Å². The highest BCUT2D eigenvalue weighted by molar-refractivity contribution is 5.25. The third-order valence-corrected chi connectivity index (χ3v) is 3.15. The van der Waals surface area contributed by atoms with Crippen LogP contribution in [-0.4, -0.2) is 0 Å². The van der Waals surface area contributed by atoms with Crippen molar-refractivity contribution in [2.75, 3.05) is 0 Å². The standard InChI is InChI=1S/C17H29O.ClHO4/c1-8-9-10-13-11-14(16(2,3)4)18-15(12-13)17(5,6)7;2-1(3,4)5/h11-12H,8-10H2,1-7H3;(H,2,3,4,5)/q+1;/p-1. The Balaban J connectivity index is 0.000000841. The molecule has 0 aliphatic carbocycles. The maximum atomic E-state index is 8.49. The van der Waals surface area contributed by atoms with Gasteiger partial charge in [0.05, 0.1) is 10.8 Å². The summed E-state index contributed by atoms with van der Waals surface area (Å²) in [5.74, 6) is 2.20. The van der Waals surface area contributed by atoms with Crippen molar-refractivity contribution in [3.8, 4) is 0 Å². The van der Waals surface area contributed by atoms with Gasteiger partial charge >= 0.3 is 11.5 Å². The van der Waals surface area contributed by atoms with Gasteiger partial charge in [-0.15, -0.1) is 10.2 Å². The number of hydrogen-bond donors (Lipinski definition) is 0. The predicted molar refractivity (Wildman–Crippen MR) is 79.1 cm³/mol. The van der Waals surface area contributed by atoms with E-state index in [1.54, 1.807) is 0 Å². The summed E-state index contributed by atoms with van der Waals surface area (Å²) >= 11 is 0. The van der Waals surface area contributed by atoms with E-state index in [-0.39, 0.29) is 10.8 Å². The number of aryl methyl sites for hydroxylation is 1. The molecule has 0 bridgehead atoms. The second kappa shape index (κ2) is 8.40. The van der Waals surface area contributed by atoms with Gasteiger partial charge in [-0.05, 0) is 59.9 Å². The molecule has 1 aromatic heterocycles. The van der Waals surface area contributed by atoms with Crippen LogP contribution in [0.4, 0.5) is 0 Å². The molecule has 5 nitrogen and oxygen atoms in total. The van der Waals surface area contributed by atoms with E-state index < -0.39 is 10.2 Å². The molecule has 0 aliphatic rings. The van der Waals surface area contributed by atoms with Crippen molar-refractivity contribution < 1.29 is 33.3 Å².